The molecular formula is C66H46N2. The van der Waals surface area contributed by atoms with E-state index in [1.54, 1.807) is 0 Å². The highest BCUT2D eigenvalue weighted by molar-refractivity contribution is 6.25. The fourth-order valence-electron chi connectivity index (χ4n) is 9.85. The molecule has 0 aromatic heterocycles. The Morgan fingerprint density at radius 3 is 0.853 bits per heavy atom. The van der Waals surface area contributed by atoms with Crippen LogP contribution in [0.3, 0.4) is 0 Å². The second kappa shape index (κ2) is 17.8. The van der Waals surface area contributed by atoms with E-state index in [0.717, 1.165) is 45.3 Å². The van der Waals surface area contributed by atoms with Gasteiger partial charge in [-0.25, -0.2) is 0 Å². The summed E-state index contributed by atoms with van der Waals surface area (Å²) in [7, 11) is 0. The summed E-state index contributed by atoms with van der Waals surface area (Å²) < 4.78 is 0. The first-order valence-corrected chi connectivity index (χ1v) is 23.3. The van der Waals surface area contributed by atoms with Crippen LogP contribution >= 0.6 is 0 Å². The van der Waals surface area contributed by atoms with Crippen molar-refractivity contribution in [1.29, 1.82) is 0 Å². The molecule has 2 nitrogen and oxygen atoms in total. The maximum absolute atomic E-state index is 2.37. The number of rotatable bonds is 10. The molecule has 12 rings (SSSR count). The van der Waals surface area contributed by atoms with Crippen LogP contribution in [-0.4, -0.2) is 0 Å². The van der Waals surface area contributed by atoms with Crippen LogP contribution in [0.25, 0.3) is 76.8 Å². The quantitative estimate of drug-likeness (QED) is 0.126. The Hall–Kier alpha value is -8.98. The summed E-state index contributed by atoms with van der Waals surface area (Å²) in [6, 6.07) is 101. The van der Waals surface area contributed by atoms with Crippen LogP contribution in [0.5, 0.6) is 0 Å². The van der Waals surface area contributed by atoms with Crippen LogP contribution in [0.2, 0.25) is 0 Å². The van der Waals surface area contributed by atoms with Crippen LogP contribution in [0, 0.1) is 0 Å². The Kier molecular flexibility index (Phi) is 10.6. The smallest absolute Gasteiger partial charge is 0.0467 e. The first kappa shape index (κ1) is 40.5. The molecule has 0 saturated carbocycles. The van der Waals surface area contributed by atoms with Gasteiger partial charge in [0.2, 0.25) is 0 Å². The van der Waals surface area contributed by atoms with Crippen LogP contribution in [-0.2, 0) is 0 Å². The van der Waals surface area contributed by atoms with Gasteiger partial charge in [0.25, 0.3) is 0 Å². The van der Waals surface area contributed by atoms with E-state index in [1.165, 1.54) is 65.7 Å². The van der Waals surface area contributed by atoms with Crippen LogP contribution < -0.4 is 9.80 Å². The molecule has 0 amide bonds. The Bertz CT molecular complexity index is 3640. The van der Waals surface area contributed by atoms with Gasteiger partial charge < -0.3 is 9.80 Å². The third kappa shape index (κ3) is 7.74. The van der Waals surface area contributed by atoms with Gasteiger partial charge in [-0.15, -0.1) is 0 Å². The molecule has 0 spiro atoms. The van der Waals surface area contributed by atoms with E-state index >= 15 is 0 Å². The second-order valence-electron chi connectivity index (χ2n) is 17.3. The van der Waals surface area contributed by atoms with Gasteiger partial charge in [-0.3, -0.25) is 0 Å². The highest BCUT2D eigenvalue weighted by atomic mass is 15.1. The monoisotopic (exact) mass is 866 g/mol. The van der Waals surface area contributed by atoms with Gasteiger partial charge in [-0.05, 0) is 156 Å². The highest BCUT2D eigenvalue weighted by Gasteiger charge is 2.17. The zero-order valence-corrected chi connectivity index (χ0v) is 37.5. The molecule has 0 heterocycles. The van der Waals surface area contributed by atoms with Gasteiger partial charge in [0.05, 0.1) is 0 Å². The number of anilines is 6. The fourth-order valence-corrected chi connectivity index (χ4v) is 9.85. The SMILES string of the molecule is c1ccc(-c2ccc(-c3ccc(N(c4ccccc4)c4ccc(-c5ccc(N(c6ccccc6)c6cccc(-c7ccc8c9ccccc9c9ccccc9c8c7)c6)cc5)cc4)cc3)cc2)cc1. The molecule has 0 aliphatic carbocycles. The van der Waals surface area contributed by atoms with Gasteiger partial charge in [0.15, 0.2) is 0 Å². The van der Waals surface area contributed by atoms with E-state index in [1.807, 2.05) is 0 Å². The Balaban J connectivity index is 0.835. The lowest BCUT2D eigenvalue weighted by Gasteiger charge is -2.26. The Labute approximate surface area is 397 Å². The molecule has 320 valence electrons. The molecule has 12 aromatic rings. The van der Waals surface area contributed by atoms with Crippen molar-refractivity contribution < 1.29 is 0 Å². The van der Waals surface area contributed by atoms with E-state index < -0.39 is 0 Å². The Morgan fingerprint density at radius 2 is 0.412 bits per heavy atom. The highest BCUT2D eigenvalue weighted by Crippen LogP contribution is 2.41. The van der Waals surface area contributed by atoms with Gasteiger partial charge in [-0.2, -0.15) is 0 Å². The molecule has 0 saturated heterocycles. The molecule has 2 heteroatoms. The van der Waals surface area contributed by atoms with Gasteiger partial charge in [0, 0.05) is 34.1 Å². The summed E-state index contributed by atoms with van der Waals surface area (Å²) in [6.07, 6.45) is 0. The zero-order valence-electron chi connectivity index (χ0n) is 37.5. The van der Waals surface area contributed by atoms with Crippen molar-refractivity contribution >= 4 is 66.4 Å². The number of para-hydroxylation sites is 2. The molecule has 0 atom stereocenters. The van der Waals surface area contributed by atoms with Gasteiger partial charge in [-0.1, -0.05) is 200 Å². The predicted molar refractivity (Wildman–Crippen MR) is 290 cm³/mol. The predicted octanol–water partition coefficient (Wildman–Crippen LogP) is 18.8. The van der Waals surface area contributed by atoms with Crippen molar-refractivity contribution in [3.05, 3.63) is 279 Å². The van der Waals surface area contributed by atoms with Crippen LogP contribution in [0.1, 0.15) is 0 Å². The van der Waals surface area contributed by atoms with Crippen molar-refractivity contribution in [2.75, 3.05) is 9.80 Å². The lowest BCUT2D eigenvalue weighted by Crippen LogP contribution is -2.10. The fraction of sp³-hybridized carbons (Fsp3) is 0. The third-order valence-corrected chi connectivity index (χ3v) is 13.2. The topological polar surface area (TPSA) is 6.48 Å². The minimum absolute atomic E-state index is 1.09. The summed E-state index contributed by atoms with van der Waals surface area (Å²) in [5, 5.41) is 7.69. The number of hydrogen-bond acceptors (Lipinski definition) is 2. The summed E-state index contributed by atoms with van der Waals surface area (Å²) in [5.74, 6) is 0. The number of nitrogens with zero attached hydrogens (tertiary/aromatic N) is 2. The lowest BCUT2D eigenvalue weighted by molar-refractivity contribution is 1.28. The lowest BCUT2D eigenvalue weighted by atomic mass is 9.92. The molecule has 0 aliphatic rings. The third-order valence-electron chi connectivity index (χ3n) is 13.2. The molecule has 0 N–H and O–H groups in total. The average Bonchev–Trinajstić information content (AvgIpc) is 3.43. The molecule has 0 bridgehead atoms. The van der Waals surface area contributed by atoms with Crippen LogP contribution in [0.15, 0.2) is 279 Å². The average molecular weight is 867 g/mol. The minimum Gasteiger partial charge on any atom is -0.311 e. The van der Waals surface area contributed by atoms with Crippen molar-refractivity contribution in [3.8, 4) is 44.5 Å². The summed E-state index contributed by atoms with van der Waals surface area (Å²) in [6.45, 7) is 0. The molecule has 0 radical (unpaired) electrons. The largest absolute Gasteiger partial charge is 0.311 e. The van der Waals surface area contributed by atoms with Crippen molar-refractivity contribution in [2.45, 2.75) is 0 Å². The minimum atomic E-state index is 1.09. The van der Waals surface area contributed by atoms with E-state index in [2.05, 4.69) is 289 Å². The summed E-state index contributed by atoms with van der Waals surface area (Å²) in [5.41, 5.74) is 16.1. The van der Waals surface area contributed by atoms with E-state index in [0.29, 0.717) is 0 Å². The molecule has 12 aromatic carbocycles. The second-order valence-corrected chi connectivity index (χ2v) is 17.3. The maximum Gasteiger partial charge on any atom is 0.0467 e. The van der Waals surface area contributed by atoms with E-state index in [-0.39, 0.29) is 0 Å². The molecule has 68 heavy (non-hydrogen) atoms. The molecule has 0 aliphatic heterocycles. The van der Waals surface area contributed by atoms with Crippen molar-refractivity contribution in [1.82, 2.24) is 0 Å². The van der Waals surface area contributed by atoms with Crippen molar-refractivity contribution in [3.63, 3.8) is 0 Å². The van der Waals surface area contributed by atoms with E-state index in [4.69, 9.17) is 0 Å². The number of fused-ring (bicyclic) bond motifs is 6. The molecule has 0 unspecified atom stereocenters. The zero-order chi connectivity index (χ0) is 45.2. The number of benzene rings is 12. The normalized spacial score (nSPS) is 11.2. The summed E-state index contributed by atoms with van der Waals surface area (Å²) in [4.78, 5) is 4.67. The standard InChI is InChI=1S/C66H46N2/c1-4-15-47(16-5-1)48-27-29-49(30-28-48)50-31-38-57(39-32-50)67(55-18-6-2-7-19-55)58-40-33-51(34-41-58)52-35-42-59(43-36-52)68(56-20-8-3-9-21-56)60-22-14-17-53(45-60)54-37-44-65-63-25-11-10-23-61(63)62-24-12-13-26-64(62)66(65)46-54/h1-46H. The Morgan fingerprint density at radius 1 is 0.147 bits per heavy atom. The first-order valence-electron chi connectivity index (χ1n) is 23.3. The van der Waals surface area contributed by atoms with Crippen LogP contribution in [0.4, 0.5) is 34.1 Å². The maximum atomic E-state index is 2.37. The molecule has 0 fully saturated rings. The molecular weight excluding hydrogens is 821 g/mol. The van der Waals surface area contributed by atoms with Gasteiger partial charge in [0.1, 0.15) is 0 Å². The van der Waals surface area contributed by atoms with Gasteiger partial charge >= 0.3 is 0 Å². The van der Waals surface area contributed by atoms with E-state index in [9.17, 15) is 0 Å². The summed E-state index contributed by atoms with van der Waals surface area (Å²) >= 11 is 0. The van der Waals surface area contributed by atoms with Crippen molar-refractivity contribution in [2.24, 2.45) is 0 Å². The first-order chi connectivity index (χ1) is 33.7. The number of hydrogen-bond donors (Lipinski definition) is 0.